The highest BCUT2D eigenvalue weighted by atomic mass is 28.4. The van der Waals surface area contributed by atoms with Gasteiger partial charge in [-0.3, -0.25) is 0 Å². The van der Waals surface area contributed by atoms with Crippen molar-refractivity contribution in [2.75, 3.05) is 6.61 Å². The van der Waals surface area contributed by atoms with E-state index in [-0.39, 0.29) is 22.5 Å². The Hall–Kier alpha value is -1.26. The van der Waals surface area contributed by atoms with Crippen molar-refractivity contribution >= 4 is 8.32 Å². The topological polar surface area (TPSA) is 49.7 Å². The Morgan fingerprint density at radius 2 is 1.78 bits per heavy atom. The number of phenolic OH excluding ortho intramolecular Hbond substituents is 2. The summed E-state index contributed by atoms with van der Waals surface area (Å²) in [7, 11) is -1.79. The fraction of sp³-hybridized carbons (Fsp3) is 0.579. The van der Waals surface area contributed by atoms with Gasteiger partial charge in [-0.1, -0.05) is 33.8 Å². The van der Waals surface area contributed by atoms with Gasteiger partial charge in [0.05, 0.1) is 6.61 Å². The molecule has 0 fully saturated rings. The van der Waals surface area contributed by atoms with Crippen LogP contribution in [0.5, 0.6) is 11.5 Å². The minimum Gasteiger partial charge on any atom is -0.508 e. The van der Waals surface area contributed by atoms with Crippen LogP contribution in [0.2, 0.25) is 18.1 Å². The summed E-state index contributed by atoms with van der Waals surface area (Å²) in [6.45, 7) is 13.9. The number of phenols is 2. The maximum Gasteiger partial charge on any atom is 0.192 e. The fourth-order valence-corrected chi connectivity index (χ4v) is 3.78. The molecule has 0 spiro atoms. The van der Waals surface area contributed by atoms with Gasteiger partial charge in [0.15, 0.2) is 8.32 Å². The highest BCUT2D eigenvalue weighted by Gasteiger charge is 2.37. The van der Waals surface area contributed by atoms with E-state index >= 15 is 0 Å². The molecule has 1 aromatic rings. The van der Waals surface area contributed by atoms with Crippen molar-refractivity contribution < 1.29 is 14.6 Å². The molecule has 0 amide bonds. The Balaban J connectivity index is 2.24. The average Bonchev–Trinajstić information content (AvgIpc) is 2.47. The average molecular weight is 335 g/mol. The fourth-order valence-electron chi connectivity index (χ4n) is 2.80. The molecule has 23 heavy (non-hydrogen) atoms. The van der Waals surface area contributed by atoms with Gasteiger partial charge in [-0.05, 0) is 48.7 Å². The van der Waals surface area contributed by atoms with Crippen molar-refractivity contribution in [2.24, 2.45) is 0 Å². The SMILES string of the molecule is CC[C@H]1C=C(CO[Si](C)(C)C(C)(C)C)Cc2c(O)ccc(O)c21. The number of rotatable bonds is 4. The van der Waals surface area contributed by atoms with Crippen molar-refractivity contribution in [1.82, 2.24) is 0 Å². The Kier molecular flexibility index (Phi) is 4.97. The van der Waals surface area contributed by atoms with Gasteiger partial charge < -0.3 is 14.6 Å². The van der Waals surface area contributed by atoms with Crippen molar-refractivity contribution in [3.63, 3.8) is 0 Å². The van der Waals surface area contributed by atoms with E-state index < -0.39 is 8.32 Å². The zero-order valence-corrected chi connectivity index (χ0v) is 16.2. The van der Waals surface area contributed by atoms with Gasteiger partial charge >= 0.3 is 0 Å². The Labute approximate surface area is 141 Å². The van der Waals surface area contributed by atoms with Gasteiger partial charge in [-0.25, -0.2) is 0 Å². The molecule has 0 radical (unpaired) electrons. The summed E-state index contributed by atoms with van der Waals surface area (Å²) < 4.78 is 6.34. The molecule has 1 aliphatic carbocycles. The monoisotopic (exact) mass is 334 g/mol. The van der Waals surface area contributed by atoms with Crippen molar-refractivity contribution in [3.05, 3.63) is 34.9 Å². The molecule has 0 unspecified atom stereocenters. The summed E-state index contributed by atoms with van der Waals surface area (Å²) in [5.74, 6) is 0.698. The van der Waals surface area contributed by atoms with Crippen molar-refractivity contribution in [2.45, 2.75) is 64.6 Å². The molecule has 0 bridgehead atoms. The van der Waals surface area contributed by atoms with Crippen LogP contribution in [0.15, 0.2) is 23.8 Å². The Bertz CT molecular complexity index is 612. The van der Waals surface area contributed by atoms with E-state index in [0.29, 0.717) is 13.0 Å². The zero-order valence-electron chi connectivity index (χ0n) is 15.2. The molecule has 2 rings (SSSR count). The third-order valence-corrected chi connectivity index (χ3v) is 9.86. The quantitative estimate of drug-likeness (QED) is 0.458. The summed E-state index contributed by atoms with van der Waals surface area (Å²) in [4.78, 5) is 0. The van der Waals surface area contributed by atoms with Gasteiger partial charge in [0, 0.05) is 17.0 Å². The third kappa shape index (κ3) is 3.64. The number of aromatic hydroxyl groups is 2. The van der Waals surface area contributed by atoms with Gasteiger partial charge in [0.25, 0.3) is 0 Å². The van der Waals surface area contributed by atoms with E-state index in [9.17, 15) is 10.2 Å². The highest BCUT2D eigenvalue weighted by Crippen LogP contribution is 2.43. The van der Waals surface area contributed by atoms with Gasteiger partial charge in [-0.15, -0.1) is 0 Å². The molecule has 3 nitrogen and oxygen atoms in total. The number of benzene rings is 1. The number of fused-ring (bicyclic) bond motifs is 1. The first kappa shape index (κ1) is 18.1. The molecule has 0 saturated carbocycles. The maximum atomic E-state index is 10.2. The standard InChI is InChI=1S/C19H30O3Si/c1-7-14-10-13(12-22-23(5,6)19(2,3)4)11-15-16(20)8-9-17(21)18(14)15/h8-10,14,20-21H,7,11-12H2,1-6H3/t14-/m0/s1. The highest BCUT2D eigenvalue weighted by molar-refractivity contribution is 6.74. The van der Waals surface area contributed by atoms with E-state index in [1.165, 1.54) is 5.57 Å². The second-order valence-corrected chi connectivity index (χ2v) is 12.9. The molecule has 1 aliphatic rings. The van der Waals surface area contributed by atoms with Gasteiger partial charge in [0.1, 0.15) is 11.5 Å². The minimum absolute atomic E-state index is 0.142. The van der Waals surface area contributed by atoms with E-state index in [0.717, 1.165) is 17.5 Å². The van der Waals surface area contributed by atoms with E-state index in [1.54, 1.807) is 12.1 Å². The predicted molar refractivity (Wildman–Crippen MR) is 97.7 cm³/mol. The predicted octanol–water partition coefficient (Wildman–Crippen LogP) is 5.10. The second kappa shape index (κ2) is 6.33. The third-order valence-electron chi connectivity index (χ3n) is 5.39. The molecule has 0 aromatic heterocycles. The molecular formula is C19H30O3Si. The molecular weight excluding hydrogens is 304 g/mol. The van der Waals surface area contributed by atoms with Gasteiger partial charge in [0.2, 0.25) is 0 Å². The molecule has 0 aliphatic heterocycles. The summed E-state index contributed by atoms with van der Waals surface area (Å²) in [5, 5.41) is 20.6. The second-order valence-electron chi connectivity index (χ2n) is 8.06. The van der Waals surface area contributed by atoms with Crippen LogP contribution in [0.4, 0.5) is 0 Å². The Morgan fingerprint density at radius 3 is 2.35 bits per heavy atom. The largest absolute Gasteiger partial charge is 0.508 e. The van der Waals surface area contributed by atoms with Crippen LogP contribution >= 0.6 is 0 Å². The molecule has 4 heteroatoms. The van der Waals surface area contributed by atoms with E-state index in [1.807, 2.05) is 0 Å². The lowest BCUT2D eigenvalue weighted by Crippen LogP contribution is -2.41. The van der Waals surface area contributed by atoms with Crippen LogP contribution < -0.4 is 0 Å². The lowest BCUT2D eigenvalue weighted by atomic mass is 9.82. The van der Waals surface area contributed by atoms with Crippen LogP contribution in [0.25, 0.3) is 0 Å². The van der Waals surface area contributed by atoms with Gasteiger partial charge in [-0.2, -0.15) is 0 Å². The van der Waals surface area contributed by atoms with Crippen LogP contribution in [0.3, 0.4) is 0 Å². The number of allylic oxidation sites excluding steroid dienone is 1. The normalized spacial score (nSPS) is 18.5. The molecule has 2 N–H and O–H groups in total. The first-order valence-corrected chi connectivity index (χ1v) is 11.3. The number of hydrogen-bond donors (Lipinski definition) is 2. The molecule has 1 aromatic carbocycles. The molecule has 128 valence electrons. The maximum absolute atomic E-state index is 10.2. The molecule has 1 atom stereocenters. The van der Waals surface area contributed by atoms with Crippen LogP contribution in [-0.2, 0) is 10.8 Å². The summed E-state index contributed by atoms with van der Waals surface area (Å²) >= 11 is 0. The summed E-state index contributed by atoms with van der Waals surface area (Å²) in [6.07, 6.45) is 3.77. The lowest BCUT2D eigenvalue weighted by molar-refractivity contribution is 0.314. The smallest absolute Gasteiger partial charge is 0.192 e. The van der Waals surface area contributed by atoms with Crippen LogP contribution in [0.1, 0.15) is 51.2 Å². The molecule has 0 saturated heterocycles. The first-order chi connectivity index (χ1) is 10.6. The summed E-state index contributed by atoms with van der Waals surface area (Å²) in [6, 6.07) is 3.17. The van der Waals surface area contributed by atoms with Crippen LogP contribution in [-0.4, -0.2) is 25.1 Å². The first-order valence-electron chi connectivity index (χ1n) is 8.44. The van der Waals surface area contributed by atoms with Crippen molar-refractivity contribution in [3.8, 4) is 11.5 Å². The Morgan fingerprint density at radius 1 is 1.17 bits per heavy atom. The molecule has 0 heterocycles. The minimum atomic E-state index is -1.79. The lowest BCUT2D eigenvalue weighted by Gasteiger charge is -2.37. The number of hydrogen-bond acceptors (Lipinski definition) is 3. The van der Waals surface area contributed by atoms with Crippen LogP contribution in [0, 0.1) is 0 Å². The van der Waals surface area contributed by atoms with E-state index in [4.69, 9.17) is 4.43 Å². The van der Waals surface area contributed by atoms with E-state index in [2.05, 4.69) is 46.9 Å². The summed E-state index contributed by atoms with van der Waals surface area (Å²) in [5.41, 5.74) is 2.94. The zero-order chi connectivity index (χ0) is 17.4. The van der Waals surface area contributed by atoms with Crippen molar-refractivity contribution in [1.29, 1.82) is 0 Å².